The van der Waals surface area contributed by atoms with Crippen LogP contribution in [0.2, 0.25) is 0 Å². The van der Waals surface area contributed by atoms with Gasteiger partial charge in [0.25, 0.3) is 0 Å². The topological polar surface area (TPSA) is 47.6 Å². The lowest BCUT2D eigenvalue weighted by Crippen LogP contribution is -2.46. The summed E-state index contributed by atoms with van der Waals surface area (Å²) in [5.74, 6) is 1.02. The molecule has 0 aliphatic heterocycles. The van der Waals surface area contributed by atoms with Crippen LogP contribution in [-0.2, 0) is 0 Å². The summed E-state index contributed by atoms with van der Waals surface area (Å²) in [5.41, 5.74) is -0.176. The number of ether oxygens (including phenoxy) is 2. The van der Waals surface area contributed by atoms with E-state index in [0.717, 1.165) is 6.54 Å². The molecule has 4 heteroatoms. The molecule has 0 spiro atoms. The highest BCUT2D eigenvalue weighted by molar-refractivity contribution is 6.07. The summed E-state index contributed by atoms with van der Waals surface area (Å²) in [4.78, 5) is 12.6. The number of hydrogen-bond acceptors (Lipinski definition) is 4. The number of carbonyl (C=O) groups excluding carboxylic acids is 1. The Kier molecular flexibility index (Phi) is 4.73. The molecule has 4 nitrogen and oxygen atoms in total. The van der Waals surface area contributed by atoms with Crippen molar-refractivity contribution in [2.24, 2.45) is 0 Å². The lowest BCUT2D eigenvalue weighted by molar-refractivity contribution is 0.0877. The summed E-state index contributed by atoms with van der Waals surface area (Å²) in [5, 5.41) is 3.16. The number of ketones is 1. The van der Waals surface area contributed by atoms with Gasteiger partial charge in [0.2, 0.25) is 0 Å². The highest BCUT2D eigenvalue weighted by Gasteiger charge is 2.32. The molecule has 1 aromatic carbocycles. The Morgan fingerprint density at radius 2 is 1.72 bits per heavy atom. The Morgan fingerprint density at radius 1 is 1.22 bits per heavy atom. The molecular weight excluding hydrogens is 230 g/mol. The van der Waals surface area contributed by atoms with Crippen molar-refractivity contribution in [2.45, 2.75) is 26.3 Å². The second-order valence-corrected chi connectivity index (χ2v) is 4.52. The Morgan fingerprint density at radius 3 is 2.11 bits per heavy atom. The molecule has 0 atom stereocenters. The zero-order valence-electron chi connectivity index (χ0n) is 11.7. The van der Waals surface area contributed by atoms with Crippen LogP contribution in [0.15, 0.2) is 18.2 Å². The molecule has 0 unspecified atom stereocenters. The molecule has 0 saturated heterocycles. The fourth-order valence-electron chi connectivity index (χ4n) is 1.91. The van der Waals surface area contributed by atoms with Crippen molar-refractivity contribution in [3.63, 3.8) is 0 Å². The highest BCUT2D eigenvalue weighted by atomic mass is 16.5. The van der Waals surface area contributed by atoms with Crippen molar-refractivity contribution < 1.29 is 14.3 Å². The molecule has 100 valence electrons. The number of methoxy groups -OCH3 is 2. The van der Waals surface area contributed by atoms with Gasteiger partial charge < -0.3 is 14.8 Å². The van der Waals surface area contributed by atoms with Gasteiger partial charge >= 0.3 is 0 Å². The quantitative estimate of drug-likeness (QED) is 0.788. The maximum Gasteiger partial charge on any atom is 0.189 e. The smallest absolute Gasteiger partial charge is 0.189 e. The molecule has 0 aromatic heterocycles. The van der Waals surface area contributed by atoms with Gasteiger partial charge in [-0.05, 0) is 32.5 Å². The van der Waals surface area contributed by atoms with Crippen LogP contribution < -0.4 is 14.8 Å². The summed E-state index contributed by atoms with van der Waals surface area (Å²) in [6, 6.07) is 5.32. The minimum absolute atomic E-state index is 0.0429. The fourth-order valence-corrected chi connectivity index (χ4v) is 1.91. The molecule has 1 aromatic rings. The van der Waals surface area contributed by atoms with Gasteiger partial charge in [-0.1, -0.05) is 13.0 Å². The predicted octanol–water partition coefficient (Wildman–Crippen LogP) is 2.27. The van der Waals surface area contributed by atoms with Crippen LogP contribution in [0.5, 0.6) is 11.5 Å². The van der Waals surface area contributed by atoms with Crippen LogP contribution >= 0.6 is 0 Å². The average Bonchev–Trinajstić information content (AvgIpc) is 2.36. The first-order valence-electron chi connectivity index (χ1n) is 5.98. The summed E-state index contributed by atoms with van der Waals surface area (Å²) in [6.07, 6.45) is 0. The number of nitrogens with one attached hydrogen (secondary N) is 1. The highest BCUT2D eigenvalue weighted by Crippen LogP contribution is 2.31. The average molecular weight is 251 g/mol. The molecular formula is C14H21NO3. The summed E-state index contributed by atoms with van der Waals surface area (Å²) < 4.78 is 10.5. The van der Waals surface area contributed by atoms with Crippen LogP contribution in [0, 0.1) is 0 Å². The third kappa shape index (κ3) is 2.82. The van der Waals surface area contributed by atoms with Crippen LogP contribution in [0.1, 0.15) is 31.1 Å². The third-order valence-electron chi connectivity index (χ3n) is 2.84. The Balaban J connectivity index is 3.26. The molecule has 1 N–H and O–H groups in total. The standard InChI is InChI=1S/C14H21NO3/c1-6-15-14(2,3)13(16)12-10(17-4)8-7-9-11(12)18-5/h7-9,15H,6H2,1-5H3. The first kappa shape index (κ1) is 14.5. The zero-order chi connectivity index (χ0) is 13.8. The normalized spacial score (nSPS) is 11.2. The van der Waals surface area contributed by atoms with Crippen molar-refractivity contribution >= 4 is 5.78 Å². The van der Waals surface area contributed by atoms with Crippen LogP contribution in [0.4, 0.5) is 0 Å². The Hall–Kier alpha value is -1.55. The predicted molar refractivity (Wildman–Crippen MR) is 71.6 cm³/mol. The van der Waals surface area contributed by atoms with E-state index in [-0.39, 0.29) is 5.78 Å². The molecule has 0 amide bonds. The van der Waals surface area contributed by atoms with Crippen molar-refractivity contribution in [3.8, 4) is 11.5 Å². The molecule has 0 saturated carbocycles. The van der Waals surface area contributed by atoms with Gasteiger partial charge in [0.15, 0.2) is 5.78 Å². The monoisotopic (exact) mass is 251 g/mol. The number of carbonyl (C=O) groups is 1. The minimum atomic E-state index is -0.656. The van der Waals surface area contributed by atoms with E-state index >= 15 is 0 Å². The third-order valence-corrected chi connectivity index (χ3v) is 2.84. The van der Waals surface area contributed by atoms with E-state index in [9.17, 15) is 4.79 Å². The van der Waals surface area contributed by atoms with E-state index in [0.29, 0.717) is 17.1 Å². The van der Waals surface area contributed by atoms with Crippen molar-refractivity contribution in [1.29, 1.82) is 0 Å². The van der Waals surface area contributed by atoms with Gasteiger partial charge in [-0.3, -0.25) is 4.79 Å². The Labute approximate surface area is 108 Å². The zero-order valence-corrected chi connectivity index (χ0v) is 11.7. The maximum atomic E-state index is 12.6. The minimum Gasteiger partial charge on any atom is -0.496 e. The lowest BCUT2D eigenvalue weighted by Gasteiger charge is -2.25. The second-order valence-electron chi connectivity index (χ2n) is 4.52. The molecule has 0 aliphatic carbocycles. The summed E-state index contributed by atoms with van der Waals surface area (Å²) >= 11 is 0. The number of likely N-dealkylation sites (N-methyl/N-ethyl adjacent to an activating group) is 1. The number of rotatable bonds is 6. The van der Waals surface area contributed by atoms with E-state index < -0.39 is 5.54 Å². The summed E-state index contributed by atoms with van der Waals surface area (Å²) in [6.45, 7) is 6.39. The van der Waals surface area contributed by atoms with E-state index in [2.05, 4.69) is 5.32 Å². The molecule has 1 rings (SSSR count). The van der Waals surface area contributed by atoms with E-state index in [1.54, 1.807) is 32.4 Å². The SMILES string of the molecule is CCNC(C)(C)C(=O)c1c(OC)cccc1OC. The van der Waals surface area contributed by atoms with Gasteiger partial charge in [0.1, 0.15) is 17.1 Å². The molecule has 18 heavy (non-hydrogen) atoms. The van der Waals surface area contributed by atoms with Crippen molar-refractivity contribution in [1.82, 2.24) is 5.32 Å². The number of benzene rings is 1. The van der Waals surface area contributed by atoms with Gasteiger partial charge in [0.05, 0.1) is 19.8 Å². The molecule has 0 radical (unpaired) electrons. The number of hydrogen-bond donors (Lipinski definition) is 1. The van der Waals surface area contributed by atoms with Crippen LogP contribution in [0.25, 0.3) is 0 Å². The van der Waals surface area contributed by atoms with Crippen molar-refractivity contribution in [3.05, 3.63) is 23.8 Å². The molecule has 0 bridgehead atoms. The maximum absolute atomic E-state index is 12.6. The van der Waals surface area contributed by atoms with E-state index in [1.165, 1.54) is 0 Å². The summed E-state index contributed by atoms with van der Waals surface area (Å²) in [7, 11) is 3.09. The number of Topliss-reactive ketones (excluding diaryl/α,β-unsaturated/α-hetero) is 1. The van der Waals surface area contributed by atoms with Gasteiger partial charge in [-0.25, -0.2) is 0 Å². The first-order chi connectivity index (χ1) is 8.47. The second kappa shape index (κ2) is 5.87. The molecule has 0 heterocycles. The largest absolute Gasteiger partial charge is 0.496 e. The molecule has 0 fully saturated rings. The Bertz CT molecular complexity index is 405. The first-order valence-corrected chi connectivity index (χ1v) is 5.98. The molecule has 0 aliphatic rings. The van der Waals surface area contributed by atoms with E-state index in [1.807, 2.05) is 20.8 Å². The fraction of sp³-hybridized carbons (Fsp3) is 0.500. The van der Waals surface area contributed by atoms with Gasteiger partial charge in [0, 0.05) is 0 Å². The van der Waals surface area contributed by atoms with Crippen LogP contribution in [-0.4, -0.2) is 32.1 Å². The van der Waals surface area contributed by atoms with Crippen molar-refractivity contribution in [2.75, 3.05) is 20.8 Å². The van der Waals surface area contributed by atoms with Crippen LogP contribution in [0.3, 0.4) is 0 Å². The van der Waals surface area contributed by atoms with Gasteiger partial charge in [-0.2, -0.15) is 0 Å². The van der Waals surface area contributed by atoms with Gasteiger partial charge in [-0.15, -0.1) is 0 Å². The lowest BCUT2D eigenvalue weighted by atomic mass is 9.92. The van der Waals surface area contributed by atoms with E-state index in [4.69, 9.17) is 9.47 Å².